The molecule has 2 heterocycles. The molecule has 2 aromatic rings. The molecule has 2 aliphatic rings. The molecule has 1 amide bonds. The minimum absolute atomic E-state index is 0.00153. The molecule has 33 heavy (non-hydrogen) atoms. The Labute approximate surface area is 196 Å². The number of benzene rings is 1. The van der Waals surface area contributed by atoms with Gasteiger partial charge in [-0.2, -0.15) is 0 Å². The van der Waals surface area contributed by atoms with Gasteiger partial charge in [0.05, 0.1) is 6.20 Å². The molecule has 178 valence electrons. The summed E-state index contributed by atoms with van der Waals surface area (Å²) in [6.07, 6.45) is 4.35. The van der Waals surface area contributed by atoms with Crippen LogP contribution < -0.4 is 15.0 Å². The Balaban J connectivity index is 1.30. The number of amides is 1. The number of nitrogens with one attached hydrogen (secondary N) is 1. The lowest BCUT2D eigenvalue weighted by atomic mass is 9.86. The summed E-state index contributed by atoms with van der Waals surface area (Å²) in [7, 11) is 1.87. The first-order valence-electron chi connectivity index (χ1n) is 12.0. The highest BCUT2D eigenvalue weighted by molar-refractivity contribution is 5.94. The summed E-state index contributed by atoms with van der Waals surface area (Å²) in [5.41, 5.74) is 3.49. The SMILES string of the molecule is Cc1cc(N(C)C(=O)C2CCC(Oc3ccc(F)cn3)CC2)ccc1CN1CCN[C@@H](C)C1. The highest BCUT2D eigenvalue weighted by Gasteiger charge is 2.30. The van der Waals surface area contributed by atoms with Crippen LogP contribution in [0, 0.1) is 18.7 Å². The zero-order valence-corrected chi connectivity index (χ0v) is 19.9. The first-order valence-corrected chi connectivity index (χ1v) is 12.0. The van der Waals surface area contributed by atoms with Gasteiger partial charge in [-0.15, -0.1) is 0 Å². The van der Waals surface area contributed by atoms with Crippen molar-refractivity contribution in [1.29, 1.82) is 0 Å². The van der Waals surface area contributed by atoms with Crippen molar-refractivity contribution < 1.29 is 13.9 Å². The third-order valence-corrected chi connectivity index (χ3v) is 6.90. The van der Waals surface area contributed by atoms with Crippen LogP contribution in [0.25, 0.3) is 0 Å². The first kappa shape index (κ1) is 23.6. The standard InChI is InChI=1S/C26H35FN4O2/c1-18-14-23(8-4-21(18)17-31-13-12-28-19(2)16-31)30(3)26(32)20-5-9-24(10-6-20)33-25-11-7-22(27)15-29-25/h4,7-8,11,14-15,19-20,24,28H,5-6,9-10,12-13,16-17H2,1-3H3/t19-,20?,24?/m0/s1. The van der Waals surface area contributed by atoms with Crippen LogP contribution in [0.3, 0.4) is 0 Å². The first-order chi connectivity index (χ1) is 15.9. The molecule has 1 saturated heterocycles. The lowest BCUT2D eigenvalue weighted by Gasteiger charge is -2.32. The molecule has 1 aliphatic heterocycles. The highest BCUT2D eigenvalue weighted by atomic mass is 19.1. The van der Waals surface area contributed by atoms with E-state index in [9.17, 15) is 9.18 Å². The van der Waals surface area contributed by atoms with E-state index < -0.39 is 0 Å². The second-order valence-electron chi connectivity index (χ2n) is 9.50. The molecule has 4 rings (SSSR count). The van der Waals surface area contributed by atoms with Crippen molar-refractivity contribution in [3.63, 3.8) is 0 Å². The summed E-state index contributed by atoms with van der Waals surface area (Å²) in [5.74, 6) is 0.227. The second-order valence-corrected chi connectivity index (χ2v) is 9.50. The van der Waals surface area contributed by atoms with Crippen LogP contribution in [-0.4, -0.2) is 54.6 Å². The van der Waals surface area contributed by atoms with Crippen molar-refractivity contribution >= 4 is 11.6 Å². The molecule has 2 fully saturated rings. The molecule has 7 heteroatoms. The number of carbonyl (C=O) groups is 1. The summed E-state index contributed by atoms with van der Waals surface area (Å²) in [6.45, 7) is 8.46. The summed E-state index contributed by atoms with van der Waals surface area (Å²) in [4.78, 5) is 21.4. The zero-order chi connectivity index (χ0) is 23.4. The van der Waals surface area contributed by atoms with Gasteiger partial charge in [-0.05, 0) is 68.9 Å². The number of hydrogen-bond donors (Lipinski definition) is 1. The molecule has 1 N–H and O–H groups in total. The Hall–Kier alpha value is -2.51. The Morgan fingerprint density at radius 1 is 1.24 bits per heavy atom. The Morgan fingerprint density at radius 2 is 2.03 bits per heavy atom. The smallest absolute Gasteiger partial charge is 0.229 e. The van der Waals surface area contributed by atoms with Gasteiger partial charge in [0.25, 0.3) is 0 Å². The van der Waals surface area contributed by atoms with Crippen molar-refractivity contribution in [2.45, 2.75) is 58.2 Å². The Kier molecular flexibility index (Phi) is 7.60. The number of aromatic nitrogens is 1. The maximum atomic E-state index is 13.2. The second kappa shape index (κ2) is 10.6. The molecule has 0 bridgehead atoms. The molecule has 1 aromatic heterocycles. The van der Waals surface area contributed by atoms with Crippen LogP contribution in [0.2, 0.25) is 0 Å². The number of carbonyl (C=O) groups excluding carboxylic acids is 1. The van der Waals surface area contributed by atoms with Gasteiger partial charge in [-0.25, -0.2) is 9.37 Å². The molecule has 1 aromatic carbocycles. The molecular weight excluding hydrogens is 419 g/mol. The van der Waals surface area contributed by atoms with Crippen molar-refractivity contribution in [3.05, 3.63) is 53.5 Å². The summed E-state index contributed by atoms with van der Waals surface area (Å²) in [6, 6.07) is 9.80. The van der Waals surface area contributed by atoms with E-state index in [0.717, 1.165) is 63.7 Å². The van der Waals surface area contributed by atoms with E-state index in [-0.39, 0.29) is 23.7 Å². The van der Waals surface area contributed by atoms with Crippen LogP contribution in [0.5, 0.6) is 5.88 Å². The monoisotopic (exact) mass is 454 g/mol. The average molecular weight is 455 g/mol. The number of rotatable bonds is 6. The Bertz CT molecular complexity index is 944. The van der Waals surface area contributed by atoms with E-state index in [1.165, 1.54) is 17.2 Å². The average Bonchev–Trinajstić information content (AvgIpc) is 2.81. The molecule has 0 unspecified atom stereocenters. The number of pyridine rings is 1. The quantitative estimate of drug-likeness (QED) is 0.717. The minimum Gasteiger partial charge on any atom is -0.474 e. The summed E-state index contributed by atoms with van der Waals surface area (Å²) >= 11 is 0. The number of anilines is 1. The van der Waals surface area contributed by atoms with Crippen LogP contribution in [0.4, 0.5) is 10.1 Å². The number of halogens is 1. The topological polar surface area (TPSA) is 57.7 Å². The fourth-order valence-corrected chi connectivity index (χ4v) is 4.89. The van der Waals surface area contributed by atoms with Gasteiger partial charge in [-0.1, -0.05) is 6.07 Å². The number of aryl methyl sites for hydroxylation is 1. The summed E-state index contributed by atoms with van der Waals surface area (Å²) in [5, 5.41) is 3.49. The zero-order valence-electron chi connectivity index (χ0n) is 19.9. The highest BCUT2D eigenvalue weighted by Crippen LogP contribution is 2.30. The normalized spacial score (nSPS) is 23.8. The summed E-state index contributed by atoms with van der Waals surface area (Å²) < 4.78 is 18.9. The Morgan fingerprint density at radius 3 is 2.70 bits per heavy atom. The maximum absolute atomic E-state index is 13.2. The molecule has 6 nitrogen and oxygen atoms in total. The van der Waals surface area contributed by atoms with Crippen LogP contribution in [0.1, 0.15) is 43.7 Å². The van der Waals surface area contributed by atoms with Gasteiger partial charge in [-0.3, -0.25) is 9.69 Å². The van der Waals surface area contributed by atoms with Gasteiger partial charge in [0.1, 0.15) is 11.9 Å². The van der Waals surface area contributed by atoms with Crippen LogP contribution in [0.15, 0.2) is 36.5 Å². The third-order valence-electron chi connectivity index (χ3n) is 6.90. The number of nitrogens with zero attached hydrogens (tertiary/aromatic N) is 3. The van der Waals surface area contributed by atoms with Gasteiger partial charge < -0.3 is 15.0 Å². The van der Waals surface area contributed by atoms with E-state index in [2.05, 4.69) is 47.2 Å². The van der Waals surface area contributed by atoms with Gasteiger partial charge in [0, 0.05) is 56.9 Å². The predicted octanol–water partition coefficient (Wildman–Crippen LogP) is 3.92. The van der Waals surface area contributed by atoms with E-state index in [0.29, 0.717) is 11.9 Å². The molecule has 0 spiro atoms. The fourth-order valence-electron chi connectivity index (χ4n) is 4.89. The molecule has 1 saturated carbocycles. The van der Waals surface area contributed by atoms with Crippen molar-refractivity contribution in [2.75, 3.05) is 31.6 Å². The molecular formula is C26H35FN4O2. The third kappa shape index (κ3) is 6.09. The number of piperazine rings is 1. The van der Waals surface area contributed by atoms with Gasteiger partial charge in [0.2, 0.25) is 11.8 Å². The van der Waals surface area contributed by atoms with Crippen LogP contribution in [-0.2, 0) is 11.3 Å². The van der Waals surface area contributed by atoms with Crippen LogP contribution >= 0.6 is 0 Å². The van der Waals surface area contributed by atoms with E-state index in [1.807, 2.05) is 7.05 Å². The largest absolute Gasteiger partial charge is 0.474 e. The van der Waals surface area contributed by atoms with Gasteiger partial charge in [0.15, 0.2) is 0 Å². The number of ether oxygens (including phenoxy) is 1. The van der Waals surface area contributed by atoms with E-state index in [4.69, 9.17) is 4.74 Å². The van der Waals surface area contributed by atoms with Crippen molar-refractivity contribution in [3.8, 4) is 5.88 Å². The predicted molar refractivity (Wildman–Crippen MR) is 128 cm³/mol. The molecule has 0 radical (unpaired) electrons. The fraction of sp³-hybridized carbons (Fsp3) is 0.538. The van der Waals surface area contributed by atoms with E-state index >= 15 is 0 Å². The minimum atomic E-state index is -0.374. The maximum Gasteiger partial charge on any atom is 0.229 e. The molecule has 1 atom stereocenters. The van der Waals surface area contributed by atoms with Crippen molar-refractivity contribution in [1.82, 2.24) is 15.2 Å². The number of hydrogen-bond acceptors (Lipinski definition) is 5. The molecule has 1 aliphatic carbocycles. The van der Waals surface area contributed by atoms with E-state index in [1.54, 1.807) is 11.0 Å². The van der Waals surface area contributed by atoms with Crippen molar-refractivity contribution in [2.24, 2.45) is 5.92 Å². The van der Waals surface area contributed by atoms with Gasteiger partial charge >= 0.3 is 0 Å². The lowest BCUT2D eigenvalue weighted by Crippen LogP contribution is -2.48. The lowest BCUT2D eigenvalue weighted by molar-refractivity contribution is -0.123.